The average Bonchev–Trinajstić information content (AvgIpc) is 2.55. The van der Waals surface area contributed by atoms with Gasteiger partial charge >= 0.3 is 0 Å². The molecule has 80 valence electrons. The first-order valence-corrected chi connectivity index (χ1v) is 5.35. The quantitative estimate of drug-likeness (QED) is 0.850. The first kappa shape index (κ1) is 10.4. The second-order valence-corrected chi connectivity index (χ2v) is 4.00. The highest BCUT2D eigenvalue weighted by atomic mass is 79.9. The molecule has 1 aromatic heterocycles. The molecular formula is C10H10BrNO3. The van der Waals surface area contributed by atoms with E-state index in [4.69, 9.17) is 9.15 Å². The van der Waals surface area contributed by atoms with E-state index in [0.717, 1.165) is 0 Å². The summed E-state index contributed by atoms with van der Waals surface area (Å²) in [5.41, 5.74) is 0. The summed E-state index contributed by atoms with van der Waals surface area (Å²) in [4.78, 5) is 11.3. The Morgan fingerprint density at radius 3 is 2.87 bits per heavy atom. The molecule has 1 amide bonds. The maximum Gasteiger partial charge on any atom is 0.244 e. The number of rotatable bonds is 3. The Hall–Kier alpha value is -1.07. The number of nitrogens with one attached hydrogen (secondary N) is 1. The third-order valence-corrected chi connectivity index (χ3v) is 2.40. The number of carbonyl (C=O) groups excluding carboxylic acids is 1. The fourth-order valence-corrected chi connectivity index (χ4v) is 1.46. The summed E-state index contributed by atoms with van der Waals surface area (Å²) in [6, 6.07) is 3.71. The Kier molecular flexibility index (Phi) is 3.23. The minimum absolute atomic E-state index is 0.129. The summed E-state index contributed by atoms with van der Waals surface area (Å²) >= 11 is 3.18. The molecule has 1 aliphatic heterocycles. The fraction of sp³-hybridized carbons (Fsp3) is 0.300. The van der Waals surface area contributed by atoms with Gasteiger partial charge in [-0.3, -0.25) is 4.79 Å². The summed E-state index contributed by atoms with van der Waals surface area (Å²) in [7, 11) is 0. The summed E-state index contributed by atoms with van der Waals surface area (Å²) in [6.07, 6.45) is 3.07. The van der Waals surface area contributed by atoms with Gasteiger partial charge in [0.2, 0.25) is 5.91 Å². The molecule has 0 atom stereocenters. The number of amides is 1. The van der Waals surface area contributed by atoms with Crippen LogP contribution in [-0.2, 0) is 9.53 Å². The maximum absolute atomic E-state index is 11.3. The zero-order chi connectivity index (χ0) is 10.7. The maximum atomic E-state index is 11.3. The van der Waals surface area contributed by atoms with Crippen molar-refractivity contribution in [2.75, 3.05) is 13.2 Å². The van der Waals surface area contributed by atoms with Gasteiger partial charge in [0.25, 0.3) is 0 Å². The molecule has 1 aromatic rings. The molecule has 2 heterocycles. The molecule has 0 aliphatic carbocycles. The number of halogens is 1. The van der Waals surface area contributed by atoms with Gasteiger partial charge in [0.1, 0.15) is 5.76 Å². The third-order valence-electron chi connectivity index (χ3n) is 1.98. The molecule has 1 saturated heterocycles. The van der Waals surface area contributed by atoms with Crippen molar-refractivity contribution in [3.63, 3.8) is 0 Å². The van der Waals surface area contributed by atoms with Crippen LogP contribution in [0.15, 0.2) is 27.3 Å². The van der Waals surface area contributed by atoms with Gasteiger partial charge < -0.3 is 14.5 Å². The van der Waals surface area contributed by atoms with Crippen LogP contribution in [0.4, 0.5) is 0 Å². The molecule has 0 unspecified atom stereocenters. The summed E-state index contributed by atoms with van der Waals surface area (Å²) in [6.45, 7) is 1.21. The highest BCUT2D eigenvalue weighted by Gasteiger charge is 2.18. The van der Waals surface area contributed by atoms with Crippen molar-refractivity contribution in [3.8, 4) is 0 Å². The van der Waals surface area contributed by atoms with Gasteiger partial charge in [-0.25, -0.2) is 0 Å². The smallest absolute Gasteiger partial charge is 0.244 e. The van der Waals surface area contributed by atoms with E-state index < -0.39 is 0 Å². The fourth-order valence-electron chi connectivity index (χ4n) is 1.14. The van der Waals surface area contributed by atoms with Gasteiger partial charge in [-0.05, 0) is 34.1 Å². The van der Waals surface area contributed by atoms with Crippen LogP contribution in [0.2, 0.25) is 0 Å². The van der Waals surface area contributed by atoms with E-state index in [0.29, 0.717) is 23.6 Å². The Balaban J connectivity index is 1.84. The SMILES string of the molecule is O=C(C=Cc1ccc(Br)o1)NC1COC1. The molecular weight excluding hydrogens is 262 g/mol. The number of hydrogen-bond acceptors (Lipinski definition) is 3. The molecule has 1 fully saturated rings. The van der Waals surface area contributed by atoms with Crippen LogP contribution >= 0.6 is 15.9 Å². The third kappa shape index (κ3) is 2.94. The van der Waals surface area contributed by atoms with Gasteiger partial charge in [-0.2, -0.15) is 0 Å². The topological polar surface area (TPSA) is 51.5 Å². The van der Waals surface area contributed by atoms with E-state index >= 15 is 0 Å². The average molecular weight is 272 g/mol. The van der Waals surface area contributed by atoms with Crippen molar-refractivity contribution in [3.05, 3.63) is 28.6 Å². The second kappa shape index (κ2) is 4.63. The Morgan fingerprint density at radius 1 is 1.53 bits per heavy atom. The monoisotopic (exact) mass is 271 g/mol. The lowest BCUT2D eigenvalue weighted by Crippen LogP contribution is -2.48. The zero-order valence-corrected chi connectivity index (χ0v) is 9.49. The molecule has 2 rings (SSSR count). The van der Waals surface area contributed by atoms with Gasteiger partial charge in [-0.15, -0.1) is 0 Å². The molecule has 15 heavy (non-hydrogen) atoms. The number of carbonyl (C=O) groups is 1. The lowest BCUT2D eigenvalue weighted by atomic mass is 10.2. The summed E-state index contributed by atoms with van der Waals surface area (Å²) in [5.74, 6) is 0.512. The standard InChI is InChI=1S/C10H10BrNO3/c11-9-3-1-8(15-9)2-4-10(13)12-7-5-14-6-7/h1-4,7H,5-6H2,(H,12,13). The van der Waals surface area contributed by atoms with Crippen molar-refractivity contribution < 1.29 is 13.9 Å². The predicted molar refractivity (Wildman–Crippen MR) is 58.2 cm³/mol. The zero-order valence-electron chi connectivity index (χ0n) is 7.90. The Labute approximate surface area is 95.4 Å². The van der Waals surface area contributed by atoms with Crippen LogP contribution in [0.1, 0.15) is 5.76 Å². The Bertz CT molecular complexity index is 382. The molecule has 4 nitrogen and oxygen atoms in total. The minimum atomic E-state index is -0.129. The predicted octanol–water partition coefficient (Wildman–Crippen LogP) is 1.57. The molecule has 0 spiro atoms. The number of hydrogen-bond donors (Lipinski definition) is 1. The van der Waals surface area contributed by atoms with E-state index in [9.17, 15) is 4.79 Å². The van der Waals surface area contributed by atoms with Crippen LogP contribution < -0.4 is 5.32 Å². The van der Waals surface area contributed by atoms with Gasteiger partial charge in [0.15, 0.2) is 4.67 Å². The van der Waals surface area contributed by atoms with Crippen molar-refractivity contribution in [1.29, 1.82) is 0 Å². The molecule has 0 saturated carbocycles. The van der Waals surface area contributed by atoms with E-state index in [-0.39, 0.29) is 11.9 Å². The van der Waals surface area contributed by atoms with Crippen LogP contribution in [0.3, 0.4) is 0 Å². The van der Waals surface area contributed by atoms with Gasteiger partial charge in [0.05, 0.1) is 19.3 Å². The van der Waals surface area contributed by atoms with E-state index in [1.165, 1.54) is 6.08 Å². The largest absolute Gasteiger partial charge is 0.450 e. The van der Waals surface area contributed by atoms with Gasteiger partial charge in [-0.1, -0.05) is 0 Å². The number of ether oxygens (including phenoxy) is 1. The first-order chi connectivity index (χ1) is 7.24. The van der Waals surface area contributed by atoms with Crippen LogP contribution in [-0.4, -0.2) is 25.2 Å². The molecule has 1 aliphatic rings. The van der Waals surface area contributed by atoms with E-state index in [1.807, 2.05) is 0 Å². The minimum Gasteiger partial charge on any atom is -0.450 e. The van der Waals surface area contributed by atoms with Crippen LogP contribution in [0.5, 0.6) is 0 Å². The molecule has 0 radical (unpaired) electrons. The highest BCUT2D eigenvalue weighted by molar-refractivity contribution is 9.10. The number of furan rings is 1. The molecule has 0 bridgehead atoms. The first-order valence-electron chi connectivity index (χ1n) is 4.56. The lowest BCUT2D eigenvalue weighted by Gasteiger charge is -2.26. The summed E-state index contributed by atoms with van der Waals surface area (Å²) < 4.78 is 10.8. The lowest BCUT2D eigenvalue weighted by molar-refractivity contribution is -0.120. The molecule has 1 N–H and O–H groups in total. The van der Waals surface area contributed by atoms with Gasteiger partial charge in [0, 0.05) is 6.08 Å². The van der Waals surface area contributed by atoms with E-state index in [2.05, 4.69) is 21.2 Å². The Morgan fingerprint density at radius 2 is 2.33 bits per heavy atom. The van der Waals surface area contributed by atoms with Crippen molar-refractivity contribution in [1.82, 2.24) is 5.32 Å². The van der Waals surface area contributed by atoms with Crippen molar-refractivity contribution >= 4 is 27.9 Å². The van der Waals surface area contributed by atoms with E-state index in [1.54, 1.807) is 18.2 Å². The van der Waals surface area contributed by atoms with Crippen LogP contribution in [0.25, 0.3) is 6.08 Å². The molecule has 0 aromatic carbocycles. The van der Waals surface area contributed by atoms with Crippen LogP contribution in [0, 0.1) is 0 Å². The molecule has 5 heteroatoms. The highest BCUT2D eigenvalue weighted by Crippen LogP contribution is 2.14. The summed E-state index contributed by atoms with van der Waals surface area (Å²) in [5, 5.41) is 2.79. The van der Waals surface area contributed by atoms with Crippen molar-refractivity contribution in [2.24, 2.45) is 0 Å². The van der Waals surface area contributed by atoms with Crippen molar-refractivity contribution in [2.45, 2.75) is 6.04 Å². The second-order valence-electron chi connectivity index (χ2n) is 3.22. The normalized spacial score (nSPS) is 16.6.